The topological polar surface area (TPSA) is 168 Å². The summed E-state index contributed by atoms with van der Waals surface area (Å²) in [5.74, 6) is -2.14. The first-order valence-corrected chi connectivity index (χ1v) is 7.06. The minimum absolute atomic E-state index is 0.408. The summed E-state index contributed by atoms with van der Waals surface area (Å²) in [6, 6.07) is -1.08. The maximum atomic E-state index is 11.2. The Labute approximate surface area is 124 Å². The highest BCUT2D eigenvalue weighted by Crippen LogP contribution is 2.41. The number of carbonyl (C=O) groups is 2. The Morgan fingerprint density at radius 1 is 1.43 bits per heavy atom. The number of amides is 1. The molecule has 122 valence electrons. The lowest BCUT2D eigenvalue weighted by Gasteiger charge is -2.44. The van der Waals surface area contributed by atoms with Crippen LogP contribution in [-0.2, 0) is 9.59 Å². The molecule has 10 heteroatoms. The van der Waals surface area contributed by atoms with E-state index in [1.165, 1.54) is 6.92 Å². The van der Waals surface area contributed by atoms with E-state index < -0.39 is 59.4 Å². The van der Waals surface area contributed by atoms with Crippen molar-refractivity contribution in [1.82, 2.24) is 5.32 Å². The first kappa shape index (κ1) is 18.1. The van der Waals surface area contributed by atoms with Crippen molar-refractivity contribution in [3.05, 3.63) is 0 Å². The molecule has 0 unspecified atom stereocenters. The highest BCUT2D eigenvalue weighted by molar-refractivity contribution is 8.01. The highest BCUT2D eigenvalue weighted by atomic mass is 32.2. The second kappa shape index (κ2) is 6.90. The number of aliphatic hydroxyl groups is 5. The van der Waals surface area contributed by atoms with Crippen molar-refractivity contribution in [3.63, 3.8) is 0 Å². The molecule has 0 radical (unpaired) electrons. The number of hydrogen-bond donors (Lipinski definition) is 7. The van der Waals surface area contributed by atoms with Gasteiger partial charge in [-0.25, -0.2) is 4.79 Å². The van der Waals surface area contributed by atoms with Crippen LogP contribution in [0, 0.1) is 0 Å². The van der Waals surface area contributed by atoms with Crippen LogP contribution >= 0.6 is 11.8 Å². The highest BCUT2D eigenvalue weighted by Gasteiger charge is 2.53. The van der Waals surface area contributed by atoms with Gasteiger partial charge in [0.25, 0.3) is 0 Å². The van der Waals surface area contributed by atoms with Crippen LogP contribution < -0.4 is 5.32 Å². The number of hydrogen-bond acceptors (Lipinski definition) is 8. The van der Waals surface area contributed by atoms with Crippen LogP contribution in [0.2, 0.25) is 0 Å². The Kier molecular flexibility index (Phi) is 5.96. The summed E-state index contributed by atoms with van der Waals surface area (Å²) in [6.45, 7) is 0.369. The molecule has 0 aromatic heterocycles. The van der Waals surface area contributed by atoms with Crippen LogP contribution in [0.15, 0.2) is 0 Å². The van der Waals surface area contributed by atoms with Crippen LogP contribution in [0.1, 0.15) is 13.3 Å². The van der Waals surface area contributed by atoms with Gasteiger partial charge in [0.2, 0.25) is 10.8 Å². The van der Waals surface area contributed by atoms with Gasteiger partial charge in [-0.1, -0.05) is 0 Å². The molecule has 1 aliphatic heterocycles. The predicted octanol–water partition coefficient (Wildman–Crippen LogP) is -3.16. The lowest BCUT2D eigenvalue weighted by molar-refractivity contribution is -0.153. The van der Waals surface area contributed by atoms with Crippen molar-refractivity contribution in [2.24, 2.45) is 0 Å². The molecule has 0 bridgehead atoms. The molecular weight excluding hydrogens is 306 g/mol. The first-order chi connectivity index (χ1) is 9.62. The van der Waals surface area contributed by atoms with Gasteiger partial charge in [-0.15, -0.1) is 11.8 Å². The third kappa shape index (κ3) is 4.05. The Morgan fingerprint density at radius 2 is 2.00 bits per heavy atom. The normalized spacial score (nSPS) is 35.8. The molecule has 0 aliphatic carbocycles. The molecular formula is C11H19NO8S. The standard InChI is InChI=1S/C11H19NO8S/c1-4(14)12-7-5(15)2-11(20,10(18)19)21-9(7)8(17)6(16)3-13/h5-9,13,15-17,20H,2-3H2,1H3,(H,12,14)(H,18,19)/t5-,6-,7+,8-,9-,11+/m1/s1. The van der Waals surface area contributed by atoms with Crippen molar-refractivity contribution >= 4 is 23.6 Å². The average Bonchev–Trinajstić information content (AvgIpc) is 2.39. The summed E-state index contributed by atoms with van der Waals surface area (Å²) in [4.78, 5) is 19.9. The Bertz CT molecular complexity index is 408. The van der Waals surface area contributed by atoms with Crippen molar-refractivity contribution < 1.29 is 40.2 Å². The monoisotopic (exact) mass is 325 g/mol. The van der Waals surface area contributed by atoms with Gasteiger partial charge in [-0.2, -0.15) is 0 Å². The fraction of sp³-hybridized carbons (Fsp3) is 0.818. The van der Waals surface area contributed by atoms with Gasteiger partial charge in [-0.3, -0.25) is 4.79 Å². The number of aliphatic hydroxyl groups excluding tert-OH is 4. The third-order valence-corrected chi connectivity index (χ3v) is 4.78. The van der Waals surface area contributed by atoms with Gasteiger partial charge >= 0.3 is 5.97 Å². The van der Waals surface area contributed by atoms with E-state index in [9.17, 15) is 30.0 Å². The molecule has 9 nitrogen and oxygen atoms in total. The van der Waals surface area contributed by atoms with E-state index in [-0.39, 0.29) is 0 Å². The second-order valence-corrected chi connectivity index (χ2v) is 6.37. The zero-order chi connectivity index (χ0) is 16.4. The molecule has 21 heavy (non-hydrogen) atoms. The summed E-state index contributed by atoms with van der Waals surface area (Å²) >= 11 is 0.408. The third-order valence-electron chi connectivity index (χ3n) is 3.21. The summed E-state index contributed by atoms with van der Waals surface area (Å²) in [6.07, 6.45) is -5.27. The fourth-order valence-corrected chi connectivity index (χ4v) is 3.67. The summed E-state index contributed by atoms with van der Waals surface area (Å²) in [5, 5.41) is 58.4. The molecule has 1 rings (SSSR count). The molecule has 0 spiro atoms. The maximum Gasteiger partial charge on any atom is 0.346 e. The molecule has 6 atom stereocenters. The van der Waals surface area contributed by atoms with E-state index in [0.29, 0.717) is 11.8 Å². The molecule has 7 N–H and O–H groups in total. The maximum absolute atomic E-state index is 11.2. The SMILES string of the molecule is CC(=O)N[C@@H]1[C@H]([C@H](O)[C@H](O)CO)S[C@](O)(C(=O)O)C[C@H]1O. The number of carboxylic acid groups (broad SMARTS) is 1. The van der Waals surface area contributed by atoms with Gasteiger partial charge in [0, 0.05) is 13.3 Å². The number of carbonyl (C=O) groups excluding carboxylic acids is 1. The van der Waals surface area contributed by atoms with E-state index in [4.69, 9.17) is 10.2 Å². The van der Waals surface area contributed by atoms with E-state index in [1.54, 1.807) is 0 Å². The zero-order valence-electron chi connectivity index (χ0n) is 11.2. The van der Waals surface area contributed by atoms with Crippen LogP contribution in [-0.4, -0.2) is 83.7 Å². The van der Waals surface area contributed by atoms with Crippen LogP contribution in [0.5, 0.6) is 0 Å². The van der Waals surface area contributed by atoms with E-state index >= 15 is 0 Å². The van der Waals surface area contributed by atoms with E-state index in [1.807, 2.05) is 0 Å². The average molecular weight is 325 g/mol. The molecule has 0 saturated carbocycles. The number of rotatable bonds is 5. The van der Waals surface area contributed by atoms with Gasteiger partial charge in [0.1, 0.15) is 6.10 Å². The quantitative estimate of drug-likeness (QED) is 0.276. The molecule has 0 aromatic rings. The van der Waals surface area contributed by atoms with Gasteiger partial charge in [0.05, 0.1) is 30.1 Å². The lowest BCUT2D eigenvalue weighted by Crippen LogP contribution is -2.62. The second-order valence-electron chi connectivity index (χ2n) is 4.91. The zero-order valence-corrected chi connectivity index (χ0v) is 12.0. The van der Waals surface area contributed by atoms with Gasteiger partial charge in [0.15, 0.2) is 0 Å². The summed E-state index contributed by atoms with van der Waals surface area (Å²) in [5.41, 5.74) is 0. The summed E-state index contributed by atoms with van der Waals surface area (Å²) in [7, 11) is 0. The molecule has 1 saturated heterocycles. The molecule has 1 amide bonds. The Balaban J connectivity index is 3.07. The van der Waals surface area contributed by atoms with Gasteiger partial charge in [-0.05, 0) is 0 Å². The Hall–Kier alpha value is -0.910. The molecule has 1 fully saturated rings. The van der Waals surface area contributed by atoms with Crippen LogP contribution in [0.25, 0.3) is 0 Å². The van der Waals surface area contributed by atoms with Crippen molar-refractivity contribution in [2.45, 2.75) is 47.9 Å². The first-order valence-electron chi connectivity index (χ1n) is 6.18. The predicted molar refractivity (Wildman–Crippen MR) is 71.3 cm³/mol. The van der Waals surface area contributed by atoms with Crippen molar-refractivity contribution in [1.29, 1.82) is 0 Å². The number of nitrogens with one attached hydrogen (secondary N) is 1. The molecule has 0 aromatic carbocycles. The summed E-state index contributed by atoms with van der Waals surface area (Å²) < 4.78 is 0. The van der Waals surface area contributed by atoms with E-state index in [0.717, 1.165) is 0 Å². The fourth-order valence-electron chi connectivity index (χ4n) is 2.14. The smallest absolute Gasteiger partial charge is 0.346 e. The largest absolute Gasteiger partial charge is 0.478 e. The number of carboxylic acids is 1. The van der Waals surface area contributed by atoms with Crippen molar-refractivity contribution in [2.75, 3.05) is 6.61 Å². The number of thioether (sulfide) groups is 1. The number of aliphatic carboxylic acids is 1. The van der Waals surface area contributed by atoms with E-state index in [2.05, 4.69) is 5.32 Å². The lowest BCUT2D eigenvalue weighted by atomic mass is 9.94. The minimum Gasteiger partial charge on any atom is -0.478 e. The van der Waals surface area contributed by atoms with Gasteiger partial charge < -0.3 is 36.0 Å². The minimum atomic E-state index is -2.37. The molecule has 1 heterocycles. The van der Waals surface area contributed by atoms with Crippen LogP contribution in [0.4, 0.5) is 0 Å². The Morgan fingerprint density at radius 3 is 2.43 bits per heavy atom. The van der Waals surface area contributed by atoms with Crippen molar-refractivity contribution in [3.8, 4) is 0 Å². The van der Waals surface area contributed by atoms with Crippen LogP contribution in [0.3, 0.4) is 0 Å². The molecule has 1 aliphatic rings.